The van der Waals surface area contributed by atoms with Crippen molar-refractivity contribution in [3.05, 3.63) is 0 Å². The van der Waals surface area contributed by atoms with Gasteiger partial charge in [-0.05, 0) is 26.1 Å². The van der Waals surface area contributed by atoms with E-state index >= 15 is 0 Å². The van der Waals surface area contributed by atoms with E-state index in [9.17, 15) is 4.79 Å². The minimum absolute atomic E-state index is 0.572. The van der Waals surface area contributed by atoms with E-state index in [2.05, 4.69) is 5.32 Å². The minimum Gasteiger partial charge on any atom is -0.480 e. The molecule has 2 N–H and O–H groups in total. The summed E-state index contributed by atoms with van der Waals surface area (Å²) >= 11 is 1.63. The summed E-state index contributed by atoms with van der Waals surface area (Å²) in [5.74, 6) is 0.695. The molecule has 0 rings (SSSR count). The standard InChI is InChI=1S/C9H19NO3S/c1-9(10-2,8(11)12)7-14-6-4-5-13-3/h10H,4-7H2,1-3H3,(H,11,12). The maximum absolute atomic E-state index is 10.9. The summed E-state index contributed by atoms with van der Waals surface area (Å²) in [6.45, 7) is 2.43. The number of ether oxygens (including phenoxy) is 1. The second kappa shape index (κ2) is 7.09. The first-order chi connectivity index (χ1) is 6.56. The number of thioether (sulfide) groups is 1. The Kier molecular flexibility index (Phi) is 6.96. The van der Waals surface area contributed by atoms with Crippen LogP contribution in [0.3, 0.4) is 0 Å². The molecule has 0 fully saturated rings. The van der Waals surface area contributed by atoms with Crippen LogP contribution in [0, 0.1) is 0 Å². The van der Waals surface area contributed by atoms with E-state index in [1.54, 1.807) is 32.8 Å². The third kappa shape index (κ3) is 4.83. The van der Waals surface area contributed by atoms with Gasteiger partial charge in [0.05, 0.1) is 0 Å². The van der Waals surface area contributed by atoms with Crippen LogP contribution in [-0.2, 0) is 9.53 Å². The fraction of sp³-hybridized carbons (Fsp3) is 0.889. The van der Waals surface area contributed by atoms with E-state index in [0.29, 0.717) is 5.75 Å². The summed E-state index contributed by atoms with van der Waals surface area (Å²) in [4.78, 5) is 10.9. The second-order valence-electron chi connectivity index (χ2n) is 3.29. The predicted molar refractivity (Wildman–Crippen MR) is 58.9 cm³/mol. The number of carboxylic acids is 1. The molecule has 4 nitrogen and oxygen atoms in total. The van der Waals surface area contributed by atoms with Gasteiger partial charge in [-0.25, -0.2) is 0 Å². The molecule has 0 radical (unpaired) electrons. The number of likely N-dealkylation sites (N-methyl/N-ethyl adjacent to an activating group) is 1. The van der Waals surface area contributed by atoms with Crippen molar-refractivity contribution in [2.45, 2.75) is 18.9 Å². The van der Waals surface area contributed by atoms with Gasteiger partial charge in [0.25, 0.3) is 0 Å². The second-order valence-corrected chi connectivity index (χ2v) is 4.39. The molecule has 1 atom stereocenters. The number of carbonyl (C=O) groups is 1. The van der Waals surface area contributed by atoms with Gasteiger partial charge in [-0.3, -0.25) is 4.79 Å². The Balaban J connectivity index is 3.68. The number of hydrogen-bond acceptors (Lipinski definition) is 4. The van der Waals surface area contributed by atoms with Crippen LogP contribution in [0.15, 0.2) is 0 Å². The fourth-order valence-corrected chi connectivity index (χ4v) is 1.96. The van der Waals surface area contributed by atoms with Gasteiger partial charge in [-0.1, -0.05) is 0 Å². The van der Waals surface area contributed by atoms with Crippen LogP contribution in [0.4, 0.5) is 0 Å². The normalized spacial score (nSPS) is 15.1. The van der Waals surface area contributed by atoms with E-state index in [-0.39, 0.29) is 0 Å². The predicted octanol–water partition coefficient (Wildman–Crippen LogP) is 0.819. The molecule has 0 aliphatic heterocycles. The molecule has 5 heteroatoms. The topological polar surface area (TPSA) is 58.6 Å². The Labute approximate surface area is 89.4 Å². The van der Waals surface area contributed by atoms with Crippen LogP contribution < -0.4 is 5.32 Å². The number of methoxy groups -OCH3 is 1. The first-order valence-electron chi connectivity index (χ1n) is 4.56. The molecule has 1 unspecified atom stereocenters. The molecule has 0 aromatic carbocycles. The lowest BCUT2D eigenvalue weighted by Gasteiger charge is -2.23. The SMILES string of the molecule is CNC(C)(CSCCCOC)C(=O)O. The number of aliphatic carboxylic acids is 1. The van der Waals surface area contributed by atoms with Gasteiger partial charge in [-0.15, -0.1) is 0 Å². The van der Waals surface area contributed by atoms with Crippen LogP contribution in [0.1, 0.15) is 13.3 Å². The van der Waals surface area contributed by atoms with Crippen LogP contribution in [0.2, 0.25) is 0 Å². The van der Waals surface area contributed by atoms with Crippen molar-refractivity contribution in [2.75, 3.05) is 32.3 Å². The van der Waals surface area contributed by atoms with Crippen LogP contribution in [0.25, 0.3) is 0 Å². The van der Waals surface area contributed by atoms with E-state index in [1.807, 2.05) is 0 Å². The van der Waals surface area contributed by atoms with Crippen molar-refractivity contribution >= 4 is 17.7 Å². The molecule has 0 amide bonds. The van der Waals surface area contributed by atoms with Crippen molar-refractivity contribution in [2.24, 2.45) is 0 Å². The highest BCUT2D eigenvalue weighted by Crippen LogP contribution is 2.13. The third-order valence-electron chi connectivity index (χ3n) is 2.05. The number of rotatable bonds is 8. The molecular formula is C9H19NO3S. The van der Waals surface area contributed by atoms with Crippen molar-refractivity contribution in [1.29, 1.82) is 0 Å². The summed E-state index contributed by atoms with van der Waals surface area (Å²) in [5, 5.41) is 11.8. The summed E-state index contributed by atoms with van der Waals surface area (Å²) in [7, 11) is 3.34. The highest BCUT2D eigenvalue weighted by atomic mass is 32.2. The fourth-order valence-electron chi connectivity index (χ4n) is 0.822. The lowest BCUT2D eigenvalue weighted by molar-refractivity contribution is -0.142. The zero-order valence-electron chi connectivity index (χ0n) is 9.00. The number of hydrogen-bond donors (Lipinski definition) is 2. The summed E-state index contributed by atoms with van der Waals surface area (Å²) in [6, 6.07) is 0. The van der Waals surface area contributed by atoms with Crippen molar-refractivity contribution in [3.63, 3.8) is 0 Å². The molecule has 14 heavy (non-hydrogen) atoms. The molecule has 0 saturated carbocycles. The van der Waals surface area contributed by atoms with E-state index < -0.39 is 11.5 Å². The zero-order chi connectivity index (χ0) is 11.0. The van der Waals surface area contributed by atoms with Crippen molar-refractivity contribution < 1.29 is 14.6 Å². The van der Waals surface area contributed by atoms with Gasteiger partial charge >= 0.3 is 5.97 Å². The first-order valence-corrected chi connectivity index (χ1v) is 5.71. The smallest absolute Gasteiger partial charge is 0.324 e. The molecule has 0 bridgehead atoms. The molecule has 0 aromatic heterocycles. The highest BCUT2D eigenvalue weighted by Gasteiger charge is 2.30. The maximum atomic E-state index is 10.9. The molecule has 0 aromatic rings. The zero-order valence-corrected chi connectivity index (χ0v) is 9.82. The molecule has 0 aliphatic carbocycles. The van der Waals surface area contributed by atoms with Crippen LogP contribution in [0.5, 0.6) is 0 Å². The van der Waals surface area contributed by atoms with Gasteiger partial charge in [0, 0.05) is 19.5 Å². The summed E-state index contributed by atoms with van der Waals surface area (Å²) < 4.78 is 4.90. The quantitative estimate of drug-likeness (QED) is 0.594. The maximum Gasteiger partial charge on any atom is 0.324 e. The Morgan fingerprint density at radius 1 is 1.64 bits per heavy atom. The monoisotopic (exact) mass is 221 g/mol. The molecule has 0 aliphatic rings. The highest BCUT2D eigenvalue weighted by molar-refractivity contribution is 7.99. The van der Waals surface area contributed by atoms with E-state index in [0.717, 1.165) is 18.8 Å². The first kappa shape index (κ1) is 13.7. The number of nitrogens with one attached hydrogen (secondary N) is 1. The van der Waals surface area contributed by atoms with E-state index in [1.165, 1.54) is 0 Å². The molecule has 0 saturated heterocycles. The van der Waals surface area contributed by atoms with Crippen molar-refractivity contribution in [1.82, 2.24) is 5.32 Å². The average Bonchev–Trinajstić information content (AvgIpc) is 2.17. The van der Waals surface area contributed by atoms with Gasteiger partial charge in [0.1, 0.15) is 5.54 Å². The van der Waals surface area contributed by atoms with Crippen LogP contribution >= 0.6 is 11.8 Å². The summed E-state index contributed by atoms with van der Waals surface area (Å²) in [5.41, 5.74) is -0.822. The van der Waals surface area contributed by atoms with Gasteiger partial charge in [-0.2, -0.15) is 11.8 Å². The Hall–Kier alpha value is -0.260. The van der Waals surface area contributed by atoms with Gasteiger partial charge in [0.15, 0.2) is 0 Å². The minimum atomic E-state index is -0.822. The number of carboxylic acid groups (broad SMARTS) is 1. The van der Waals surface area contributed by atoms with E-state index in [4.69, 9.17) is 9.84 Å². The lowest BCUT2D eigenvalue weighted by Crippen LogP contribution is -2.49. The Morgan fingerprint density at radius 3 is 2.71 bits per heavy atom. The lowest BCUT2D eigenvalue weighted by atomic mass is 10.1. The summed E-state index contributed by atoms with van der Waals surface area (Å²) in [6.07, 6.45) is 0.959. The Bertz CT molecular complexity index is 177. The molecule has 84 valence electrons. The third-order valence-corrected chi connectivity index (χ3v) is 3.41. The molecular weight excluding hydrogens is 202 g/mol. The largest absolute Gasteiger partial charge is 0.480 e. The average molecular weight is 221 g/mol. The Morgan fingerprint density at radius 2 is 2.29 bits per heavy atom. The molecule has 0 spiro atoms. The van der Waals surface area contributed by atoms with Crippen molar-refractivity contribution in [3.8, 4) is 0 Å². The van der Waals surface area contributed by atoms with Gasteiger partial charge < -0.3 is 15.2 Å². The molecule has 0 heterocycles. The van der Waals surface area contributed by atoms with Gasteiger partial charge in [0.2, 0.25) is 0 Å². The van der Waals surface area contributed by atoms with Crippen LogP contribution in [-0.4, -0.2) is 48.9 Å².